The number of nitrogens with zero attached hydrogens (tertiary/aromatic N) is 2. The number of hydrogen-bond donors (Lipinski definition) is 1. The van der Waals surface area contributed by atoms with Crippen LogP contribution in [0.4, 0.5) is 5.69 Å². The lowest BCUT2D eigenvalue weighted by Gasteiger charge is -2.16. The van der Waals surface area contributed by atoms with Gasteiger partial charge in [-0.15, -0.1) is 0 Å². The Balaban J connectivity index is 1.78. The SMILES string of the molecule is Cc1ccc2nsnc2c1NC(=O)[C@@H](C)Oc1ccc(Cl)cc1Cl. The molecule has 8 heteroatoms. The Bertz CT molecular complexity index is 913. The highest BCUT2D eigenvalue weighted by molar-refractivity contribution is 7.00. The molecule has 0 saturated heterocycles. The van der Waals surface area contributed by atoms with Crippen molar-refractivity contribution < 1.29 is 9.53 Å². The van der Waals surface area contributed by atoms with Gasteiger partial charge >= 0.3 is 0 Å². The Morgan fingerprint density at radius 1 is 1.25 bits per heavy atom. The fourth-order valence-electron chi connectivity index (χ4n) is 2.15. The van der Waals surface area contributed by atoms with Gasteiger partial charge in [0.15, 0.2) is 6.10 Å². The maximum atomic E-state index is 12.5. The highest BCUT2D eigenvalue weighted by Gasteiger charge is 2.19. The van der Waals surface area contributed by atoms with E-state index in [0.29, 0.717) is 27.0 Å². The molecular formula is C16H13Cl2N3O2S. The van der Waals surface area contributed by atoms with Crippen molar-refractivity contribution in [3.63, 3.8) is 0 Å². The Morgan fingerprint density at radius 2 is 2.04 bits per heavy atom. The molecule has 3 aromatic rings. The zero-order valence-corrected chi connectivity index (χ0v) is 15.2. The van der Waals surface area contributed by atoms with Crippen molar-refractivity contribution >= 4 is 57.6 Å². The molecule has 5 nitrogen and oxygen atoms in total. The first-order valence-corrected chi connectivity index (χ1v) is 8.59. The molecular weight excluding hydrogens is 369 g/mol. The summed E-state index contributed by atoms with van der Waals surface area (Å²) in [4.78, 5) is 12.5. The zero-order valence-electron chi connectivity index (χ0n) is 12.8. The lowest BCUT2D eigenvalue weighted by Crippen LogP contribution is -2.30. The van der Waals surface area contributed by atoms with Crippen molar-refractivity contribution in [3.8, 4) is 5.75 Å². The summed E-state index contributed by atoms with van der Waals surface area (Å²) in [6.07, 6.45) is -0.745. The van der Waals surface area contributed by atoms with Crippen LogP contribution in [0.1, 0.15) is 12.5 Å². The summed E-state index contributed by atoms with van der Waals surface area (Å²) in [5.41, 5.74) is 2.96. The second-order valence-electron chi connectivity index (χ2n) is 5.21. The number of carbonyl (C=O) groups is 1. The van der Waals surface area contributed by atoms with Crippen LogP contribution in [0.15, 0.2) is 30.3 Å². The van der Waals surface area contributed by atoms with Gasteiger partial charge in [-0.2, -0.15) is 8.75 Å². The Kier molecular flexibility index (Phi) is 4.89. The Morgan fingerprint density at radius 3 is 2.79 bits per heavy atom. The smallest absolute Gasteiger partial charge is 0.265 e. The molecule has 3 rings (SSSR count). The lowest BCUT2D eigenvalue weighted by molar-refractivity contribution is -0.122. The van der Waals surface area contributed by atoms with Crippen LogP contribution in [0.3, 0.4) is 0 Å². The minimum Gasteiger partial charge on any atom is -0.479 e. The molecule has 124 valence electrons. The van der Waals surface area contributed by atoms with E-state index in [0.717, 1.165) is 22.8 Å². The largest absolute Gasteiger partial charge is 0.479 e. The van der Waals surface area contributed by atoms with E-state index in [2.05, 4.69) is 14.1 Å². The van der Waals surface area contributed by atoms with E-state index in [1.807, 2.05) is 19.1 Å². The molecule has 0 aliphatic carbocycles. The number of ether oxygens (including phenoxy) is 1. The molecule has 0 saturated carbocycles. The van der Waals surface area contributed by atoms with E-state index in [-0.39, 0.29) is 5.91 Å². The van der Waals surface area contributed by atoms with Gasteiger partial charge in [0, 0.05) is 5.02 Å². The van der Waals surface area contributed by atoms with E-state index in [4.69, 9.17) is 27.9 Å². The molecule has 1 atom stereocenters. The first-order valence-electron chi connectivity index (χ1n) is 7.10. The van der Waals surface area contributed by atoms with Crippen LogP contribution < -0.4 is 10.1 Å². The van der Waals surface area contributed by atoms with Gasteiger partial charge in [0.1, 0.15) is 16.8 Å². The average molecular weight is 382 g/mol. The van der Waals surface area contributed by atoms with E-state index >= 15 is 0 Å². The number of amides is 1. The third-order valence-electron chi connectivity index (χ3n) is 3.45. The topological polar surface area (TPSA) is 64.1 Å². The van der Waals surface area contributed by atoms with Crippen LogP contribution >= 0.6 is 34.9 Å². The van der Waals surface area contributed by atoms with Gasteiger partial charge in [-0.1, -0.05) is 29.3 Å². The summed E-state index contributed by atoms with van der Waals surface area (Å²) >= 11 is 13.0. The van der Waals surface area contributed by atoms with Crippen molar-refractivity contribution in [2.24, 2.45) is 0 Å². The summed E-state index contributed by atoms with van der Waals surface area (Å²) in [5, 5.41) is 3.71. The normalized spacial score (nSPS) is 12.2. The number of hydrogen-bond acceptors (Lipinski definition) is 5. The summed E-state index contributed by atoms with van der Waals surface area (Å²) in [6, 6.07) is 8.61. The van der Waals surface area contributed by atoms with E-state index < -0.39 is 6.10 Å². The molecule has 1 amide bonds. The quantitative estimate of drug-likeness (QED) is 0.710. The molecule has 2 aromatic carbocycles. The minimum absolute atomic E-state index is 0.301. The molecule has 24 heavy (non-hydrogen) atoms. The van der Waals surface area contributed by atoms with E-state index in [1.54, 1.807) is 25.1 Å². The van der Waals surface area contributed by atoms with Gasteiger partial charge < -0.3 is 10.1 Å². The van der Waals surface area contributed by atoms with Crippen LogP contribution in [0.2, 0.25) is 10.0 Å². The zero-order chi connectivity index (χ0) is 17.3. The van der Waals surface area contributed by atoms with Crippen LogP contribution in [-0.4, -0.2) is 20.8 Å². The van der Waals surface area contributed by atoms with Crippen LogP contribution in [-0.2, 0) is 4.79 Å². The van der Waals surface area contributed by atoms with Crippen molar-refractivity contribution in [3.05, 3.63) is 45.9 Å². The summed E-state index contributed by atoms with van der Waals surface area (Å²) in [7, 11) is 0. The van der Waals surface area contributed by atoms with Gasteiger partial charge in [-0.3, -0.25) is 4.79 Å². The molecule has 0 bridgehead atoms. The highest BCUT2D eigenvalue weighted by Crippen LogP contribution is 2.29. The van der Waals surface area contributed by atoms with Crippen LogP contribution in [0, 0.1) is 6.92 Å². The number of halogens is 2. The number of carbonyl (C=O) groups excluding carboxylic acids is 1. The summed E-state index contributed by atoms with van der Waals surface area (Å²) in [5.74, 6) is 0.0959. The molecule has 0 aliphatic heterocycles. The third-order valence-corrected chi connectivity index (χ3v) is 4.52. The molecule has 0 unspecified atom stereocenters. The molecule has 1 heterocycles. The standard InChI is InChI=1S/C16H13Cl2N3O2S/c1-8-3-5-12-15(21-24-20-12)14(8)19-16(22)9(2)23-13-6-4-10(17)7-11(13)18/h3-7,9H,1-2H3,(H,19,22)/t9-/m1/s1. The second-order valence-corrected chi connectivity index (χ2v) is 6.59. The summed E-state index contributed by atoms with van der Waals surface area (Å²) in [6.45, 7) is 3.55. The fraction of sp³-hybridized carbons (Fsp3) is 0.188. The van der Waals surface area contributed by atoms with Crippen molar-refractivity contribution in [2.45, 2.75) is 20.0 Å². The summed E-state index contributed by atoms with van der Waals surface area (Å²) < 4.78 is 14.0. The first-order chi connectivity index (χ1) is 11.5. The van der Waals surface area contributed by atoms with E-state index in [1.165, 1.54) is 0 Å². The van der Waals surface area contributed by atoms with Crippen molar-refractivity contribution in [1.82, 2.24) is 8.75 Å². The van der Waals surface area contributed by atoms with Crippen LogP contribution in [0.25, 0.3) is 11.0 Å². The lowest BCUT2D eigenvalue weighted by atomic mass is 10.1. The maximum absolute atomic E-state index is 12.5. The molecule has 1 aromatic heterocycles. The van der Waals surface area contributed by atoms with Gasteiger partial charge in [-0.05, 0) is 43.7 Å². The van der Waals surface area contributed by atoms with Gasteiger partial charge in [0.25, 0.3) is 5.91 Å². The second kappa shape index (κ2) is 6.93. The average Bonchev–Trinajstić information content (AvgIpc) is 3.01. The van der Waals surface area contributed by atoms with Crippen molar-refractivity contribution in [2.75, 3.05) is 5.32 Å². The molecule has 0 aliphatic rings. The number of nitrogens with one attached hydrogen (secondary N) is 1. The van der Waals surface area contributed by atoms with Gasteiger partial charge in [0.05, 0.1) is 22.4 Å². The highest BCUT2D eigenvalue weighted by atomic mass is 35.5. The maximum Gasteiger partial charge on any atom is 0.265 e. The van der Waals surface area contributed by atoms with Gasteiger partial charge in [-0.25, -0.2) is 0 Å². The van der Waals surface area contributed by atoms with E-state index in [9.17, 15) is 4.79 Å². The monoisotopic (exact) mass is 381 g/mol. The molecule has 0 fully saturated rings. The third kappa shape index (κ3) is 3.45. The minimum atomic E-state index is -0.745. The van der Waals surface area contributed by atoms with Gasteiger partial charge in [0.2, 0.25) is 0 Å². The number of aryl methyl sites for hydroxylation is 1. The number of anilines is 1. The number of fused-ring (bicyclic) bond motifs is 1. The Hall–Kier alpha value is -1.89. The first kappa shape index (κ1) is 17.0. The molecule has 0 radical (unpaired) electrons. The van der Waals surface area contributed by atoms with Crippen molar-refractivity contribution in [1.29, 1.82) is 0 Å². The predicted octanol–water partition coefficient (Wildman–Crippen LogP) is 4.71. The number of rotatable bonds is 4. The Labute approximate surface area is 152 Å². The molecule has 0 spiro atoms. The molecule has 1 N–H and O–H groups in total. The number of aromatic nitrogens is 2. The van der Waals surface area contributed by atoms with Crippen LogP contribution in [0.5, 0.6) is 5.75 Å². The predicted molar refractivity (Wildman–Crippen MR) is 97.3 cm³/mol. The number of benzene rings is 2. The fourth-order valence-corrected chi connectivity index (χ4v) is 3.15.